The molecule has 0 saturated carbocycles. The molecule has 0 aliphatic heterocycles. The Morgan fingerprint density at radius 1 is 1.54 bits per heavy atom. The van der Waals surface area contributed by atoms with Crippen molar-refractivity contribution in [2.75, 3.05) is 6.61 Å². The molecule has 1 aromatic heterocycles. The Hall–Kier alpha value is -0.830. The van der Waals surface area contributed by atoms with Gasteiger partial charge in [-0.3, -0.25) is 4.79 Å². The minimum atomic E-state index is -0.104. The van der Waals surface area contributed by atoms with Crippen LogP contribution in [0.3, 0.4) is 0 Å². The van der Waals surface area contributed by atoms with Crippen LogP contribution in [0.4, 0.5) is 0 Å². The fraction of sp³-hybridized carbons (Fsp3) is 0.500. The zero-order chi connectivity index (χ0) is 9.68. The molecule has 0 atom stereocenters. The summed E-state index contributed by atoms with van der Waals surface area (Å²) in [6.07, 6.45) is 1.29. The fourth-order valence-corrected chi connectivity index (χ4v) is 2.00. The Labute approximate surface area is 82.5 Å². The Morgan fingerprint density at radius 3 is 2.85 bits per heavy atom. The van der Waals surface area contributed by atoms with Gasteiger partial charge in [0.25, 0.3) is 0 Å². The van der Waals surface area contributed by atoms with E-state index < -0.39 is 0 Å². The van der Waals surface area contributed by atoms with Crippen molar-refractivity contribution in [3.63, 3.8) is 0 Å². The third-order valence-corrected chi connectivity index (χ3v) is 2.78. The summed E-state index contributed by atoms with van der Waals surface area (Å²) in [5.74, 6) is -0.104. The number of thiophene rings is 1. The molecule has 0 aliphatic carbocycles. The molecule has 2 nitrogen and oxygen atoms in total. The highest BCUT2D eigenvalue weighted by Gasteiger charge is 2.04. The van der Waals surface area contributed by atoms with Gasteiger partial charge in [0, 0.05) is 6.42 Å². The van der Waals surface area contributed by atoms with Gasteiger partial charge in [0.2, 0.25) is 0 Å². The first-order chi connectivity index (χ1) is 6.24. The molecule has 1 rings (SSSR count). The summed E-state index contributed by atoms with van der Waals surface area (Å²) in [6, 6.07) is 0. The molecule has 72 valence electrons. The van der Waals surface area contributed by atoms with E-state index in [0.717, 1.165) is 6.42 Å². The molecule has 3 heteroatoms. The van der Waals surface area contributed by atoms with Crippen molar-refractivity contribution in [1.29, 1.82) is 0 Å². The summed E-state index contributed by atoms with van der Waals surface area (Å²) in [4.78, 5) is 11.0. The molecule has 0 unspecified atom stereocenters. The maximum atomic E-state index is 11.0. The van der Waals surface area contributed by atoms with Crippen molar-refractivity contribution >= 4 is 17.3 Å². The highest BCUT2D eigenvalue weighted by Crippen LogP contribution is 2.15. The standard InChI is InChI=1S/C10H14O2S/c1-3-12-10(11)5-4-9-7-13-6-8(9)2/h6-7H,3-5H2,1-2H3. The third-order valence-electron chi connectivity index (χ3n) is 1.87. The average molecular weight is 198 g/mol. The molecular weight excluding hydrogens is 184 g/mol. The van der Waals surface area contributed by atoms with Crippen LogP contribution < -0.4 is 0 Å². The van der Waals surface area contributed by atoms with Crippen molar-refractivity contribution in [3.8, 4) is 0 Å². The Kier molecular flexibility index (Phi) is 3.96. The molecule has 0 spiro atoms. The number of esters is 1. The maximum absolute atomic E-state index is 11.0. The van der Waals surface area contributed by atoms with Crippen LogP contribution in [0.25, 0.3) is 0 Å². The van der Waals surface area contributed by atoms with Crippen LogP contribution in [0, 0.1) is 6.92 Å². The maximum Gasteiger partial charge on any atom is 0.306 e. The third kappa shape index (κ3) is 3.19. The molecule has 0 amide bonds. The summed E-state index contributed by atoms with van der Waals surface area (Å²) in [5, 5.41) is 4.19. The van der Waals surface area contributed by atoms with E-state index >= 15 is 0 Å². The summed E-state index contributed by atoms with van der Waals surface area (Å²) < 4.78 is 4.84. The first-order valence-electron chi connectivity index (χ1n) is 4.41. The zero-order valence-electron chi connectivity index (χ0n) is 8.00. The van der Waals surface area contributed by atoms with E-state index in [2.05, 4.69) is 17.7 Å². The van der Waals surface area contributed by atoms with E-state index in [-0.39, 0.29) is 5.97 Å². The number of carbonyl (C=O) groups excluding carboxylic acids is 1. The minimum absolute atomic E-state index is 0.104. The molecule has 1 heterocycles. The largest absolute Gasteiger partial charge is 0.466 e. The lowest BCUT2D eigenvalue weighted by molar-refractivity contribution is -0.143. The monoisotopic (exact) mass is 198 g/mol. The Bertz CT molecular complexity index is 278. The molecule has 0 aliphatic rings. The highest BCUT2D eigenvalue weighted by atomic mass is 32.1. The first kappa shape index (κ1) is 10.3. The van der Waals surface area contributed by atoms with E-state index in [4.69, 9.17) is 4.74 Å². The molecule has 0 saturated heterocycles. The smallest absolute Gasteiger partial charge is 0.306 e. The number of hydrogen-bond donors (Lipinski definition) is 0. The van der Waals surface area contributed by atoms with Crippen molar-refractivity contribution in [1.82, 2.24) is 0 Å². The lowest BCUT2D eigenvalue weighted by Crippen LogP contribution is -2.05. The molecule has 0 N–H and O–H groups in total. The molecule has 0 aromatic carbocycles. The average Bonchev–Trinajstić information content (AvgIpc) is 2.48. The zero-order valence-corrected chi connectivity index (χ0v) is 8.82. The van der Waals surface area contributed by atoms with Gasteiger partial charge in [0.05, 0.1) is 6.61 Å². The van der Waals surface area contributed by atoms with E-state index in [1.54, 1.807) is 11.3 Å². The van der Waals surface area contributed by atoms with Crippen LogP contribution in [0.15, 0.2) is 10.8 Å². The van der Waals surface area contributed by atoms with Crippen LogP contribution in [0.1, 0.15) is 24.5 Å². The highest BCUT2D eigenvalue weighted by molar-refractivity contribution is 7.08. The summed E-state index contributed by atoms with van der Waals surface area (Å²) >= 11 is 1.68. The Morgan fingerprint density at radius 2 is 2.31 bits per heavy atom. The van der Waals surface area contributed by atoms with E-state index in [1.807, 2.05) is 6.92 Å². The first-order valence-corrected chi connectivity index (χ1v) is 5.35. The van der Waals surface area contributed by atoms with Gasteiger partial charge < -0.3 is 4.74 Å². The van der Waals surface area contributed by atoms with Crippen molar-refractivity contribution < 1.29 is 9.53 Å². The second-order valence-electron chi connectivity index (χ2n) is 2.89. The number of carbonyl (C=O) groups is 1. The summed E-state index contributed by atoms with van der Waals surface area (Å²) in [5.41, 5.74) is 2.53. The van der Waals surface area contributed by atoms with Gasteiger partial charge in [-0.2, -0.15) is 11.3 Å². The number of aryl methyl sites for hydroxylation is 2. The van der Waals surface area contributed by atoms with Gasteiger partial charge >= 0.3 is 5.97 Å². The van der Waals surface area contributed by atoms with Gasteiger partial charge in [0.15, 0.2) is 0 Å². The molecule has 0 bridgehead atoms. The van der Waals surface area contributed by atoms with E-state index in [9.17, 15) is 4.79 Å². The lowest BCUT2D eigenvalue weighted by Gasteiger charge is -2.00. The van der Waals surface area contributed by atoms with Crippen LogP contribution in [0.2, 0.25) is 0 Å². The molecule has 0 fully saturated rings. The predicted octanol–water partition coefficient (Wildman–Crippen LogP) is 2.55. The predicted molar refractivity (Wildman–Crippen MR) is 54.0 cm³/mol. The molecule has 13 heavy (non-hydrogen) atoms. The number of hydrogen-bond acceptors (Lipinski definition) is 3. The van der Waals surface area contributed by atoms with Crippen LogP contribution >= 0.6 is 11.3 Å². The van der Waals surface area contributed by atoms with Gasteiger partial charge in [-0.1, -0.05) is 0 Å². The van der Waals surface area contributed by atoms with Gasteiger partial charge in [-0.25, -0.2) is 0 Å². The minimum Gasteiger partial charge on any atom is -0.466 e. The van der Waals surface area contributed by atoms with Gasteiger partial charge in [-0.15, -0.1) is 0 Å². The van der Waals surface area contributed by atoms with Crippen molar-refractivity contribution in [3.05, 3.63) is 21.9 Å². The fourth-order valence-electron chi connectivity index (χ4n) is 1.11. The van der Waals surface area contributed by atoms with Gasteiger partial charge in [-0.05, 0) is 42.2 Å². The van der Waals surface area contributed by atoms with Crippen LogP contribution in [-0.4, -0.2) is 12.6 Å². The number of ether oxygens (including phenoxy) is 1. The topological polar surface area (TPSA) is 26.3 Å². The van der Waals surface area contributed by atoms with E-state index in [0.29, 0.717) is 13.0 Å². The quantitative estimate of drug-likeness (QED) is 0.695. The molecule has 1 aromatic rings. The Balaban J connectivity index is 2.35. The van der Waals surface area contributed by atoms with Crippen LogP contribution in [-0.2, 0) is 16.0 Å². The molecular formula is C10H14O2S. The SMILES string of the molecule is CCOC(=O)CCc1cscc1C. The van der Waals surface area contributed by atoms with Gasteiger partial charge in [0.1, 0.15) is 0 Å². The van der Waals surface area contributed by atoms with E-state index in [1.165, 1.54) is 11.1 Å². The molecule has 0 radical (unpaired) electrons. The van der Waals surface area contributed by atoms with Crippen molar-refractivity contribution in [2.24, 2.45) is 0 Å². The normalized spacial score (nSPS) is 10.0. The van der Waals surface area contributed by atoms with Crippen molar-refractivity contribution in [2.45, 2.75) is 26.7 Å². The summed E-state index contributed by atoms with van der Waals surface area (Å²) in [7, 11) is 0. The lowest BCUT2D eigenvalue weighted by atomic mass is 10.1. The number of rotatable bonds is 4. The summed E-state index contributed by atoms with van der Waals surface area (Å²) in [6.45, 7) is 4.37. The van der Waals surface area contributed by atoms with Crippen LogP contribution in [0.5, 0.6) is 0 Å². The second-order valence-corrected chi connectivity index (χ2v) is 3.63. The second kappa shape index (κ2) is 5.02.